The summed E-state index contributed by atoms with van der Waals surface area (Å²) in [4.78, 5) is 15.3. The first-order valence-electron chi connectivity index (χ1n) is 11.8. The van der Waals surface area contributed by atoms with Crippen LogP contribution in [0.15, 0.2) is 77.9 Å². The van der Waals surface area contributed by atoms with Gasteiger partial charge in [-0.1, -0.05) is 30.3 Å². The third-order valence-corrected chi connectivity index (χ3v) is 6.50. The lowest BCUT2D eigenvalue weighted by molar-refractivity contribution is 0.113. The molecule has 3 heterocycles. The van der Waals surface area contributed by atoms with E-state index in [1.807, 2.05) is 65.5 Å². The second-order valence-corrected chi connectivity index (χ2v) is 8.74. The highest BCUT2D eigenvalue weighted by atomic mass is 16.5. The minimum Gasteiger partial charge on any atom is -0.489 e. The van der Waals surface area contributed by atoms with Crippen molar-refractivity contribution in [3.05, 3.63) is 89.0 Å². The topological polar surface area (TPSA) is 61.5 Å². The Kier molecular flexibility index (Phi) is 6.74. The third kappa shape index (κ3) is 4.90. The molecule has 0 unspecified atom stereocenters. The number of likely N-dealkylation sites (tertiary alicyclic amines) is 1. The number of fused-ring (bicyclic) bond motifs is 1. The van der Waals surface area contributed by atoms with E-state index in [0.717, 1.165) is 48.4 Å². The van der Waals surface area contributed by atoms with Crippen LogP contribution in [0.2, 0.25) is 0 Å². The quantitative estimate of drug-likeness (QED) is 0.381. The number of hydrogen-bond acceptors (Lipinski definition) is 5. The average molecular weight is 459 g/mol. The summed E-state index contributed by atoms with van der Waals surface area (Å²) in [6.07, 6.45) is 6.05. The van der Waals surface area contributed by atoms with Crippen molar-refractivity contribution >= 4 is 10.9 Å². The number of rotatable bonds is 9. The molecule has 0 radical (unpaired) electrons. The van der Waals surface area contributed by atoms with Crippen LogP contribution in [0.4, 0.5) is 0 Å². The van der Waals surface area contributed by atoms with Crippen molar-refractivity contribution in [1.29, 1.82) is 0 Å². The number of hydrogen-bond donors (Lipinski definition) is 0. The molecule has 1 aliphatic rings. The van der Waals surface area contributed by atoms with Gasteiger partial charge < -0.3 is 9.47 Å². The summed E-state index contributed by atoms with van der Waals surface area (Å²) in [7, 11) is 1.77. The molecule has 2 aromatic carbocycles. The summed E-state index contributed by atoms with van der Waals surface area (Å²) in [5.74, 6) is 0.563. The molecule has 0 spiro atoms. The number of benzene rings is 2. The van der Waals surface area contributed by atoms with E-state index < -0.39 is 0 Å². The Morgan fingerprint density at radius 2 is 1.94 bits per heavy atom. The van der Waals surface area contributed by atoms with Crippen LogP contribution in [0.3, 0.4) is 0 Å². The predicted molar refractivity (Wildman–Crippen MR) is 133 cm³/mol. The molecule has 4 aromatic rings. The number of ether oxygens (including phenoxy) is 2. The van der Waals surface area contributed by atoms with E-state index in [9.17, 15) is 4.79 Å². The maximum Gasteiger partial charge on any atom is 0.258 e. The molecular formula is C27H30N4O3. The van der Waals surface area contributed by atoms with Gasteiger partial charge in [0.25, 0.3) is 5.56 Å². The largest absolute Gasteiger partial charge is 0.489 e. The Bertz CT molecular complexity index is 1300. The summed E-state index contributed by atoms with van der Waals surface area (Å²) >= 11 is 0. The molecule has 0 saturated carbocycles. The minimum atomic E-state index is -0.129. The van der Waals surface area contributed by atoms with Crippen LogP contribution < -0.4 is 10.3 Å². The highest BCUT2D eigenvalue weighted by Crippen LogP contribution is 2.21. The second kappa shape index (κ2) is 10.2. The van der Waals surface area contributed by atoms with Gasteiger partial charge in [-0.25, -0.2) is 0 Å². The van der Waals surface area contributed by atoms with Crippen LogP contribution in [0, 0.1) is 0 Å². The Morgan fingerprint density at radius 1 is 1.06 bits per heavy atom. The maximum absolute atomic E-state index is 12.8. The molecule has 0 bridgehead atoms. The molecular weight excluding hydrogens is 428 g/mol. The van der Waals surface area contributed by atoms with Gasteiger partial charge in [0.05, 0.1) is 24.9 Å². The molecule has 0 amide bonds. The summed E-state index contributed by atoms with van der Waals surface area (Å²) < 4.78 is 14.8. The van der Waals surface area contributed by atoms with E-state index >= 15 is 0 Å². The van der Waals surface area contributed by atoms with Crippen molar-refractivity contribution in [2.45, 2.75) is 32.0 Å². The first kappa shape index (κ1) is 22.4. The van der Waals surface area contributed by atoms with E-state index in [2.05, 4.69) is 10.00 Å². The van der Waals surface area contributed by atoms with Gasteiger partial charge in [0, 0.05) is 43.0 Å². The van der Waals surface area contributed by atoms with Gasteiger partial charge in [0.2, 0.25) is 0 Å². The van der Waals surface area contributed by atoms with Gasteiger partial charge >= 0.3 is 0 Å². The summed E-state index contributed by atoms with van der Waals surface area (Å²) in [6, 6.07) is 19.8. The third-order valence-electron chi connectivity index (χ3n) is 6.50. The van der Waals surface area contributed by atoms with Crippen LogP contribution in [0.25, 0.3) is 16.6 Å². The molecule has 1 aliphatic heterocycles. The van der Waals surface area contributed by atoms with E-state index in [1.54, 1.807) is 17.9 Å². The van der Waals surface area contributed by atoms with Gasteiger partial charge in [-0.2, -0.15) is 5.10 Å². The Morgan fingerprint density at radius 3 is 2.76 bits per heavy atom. The molecule has 0 N–H and O–H groups in total. The molecule has 7 heteroatoms. The van der Waals surface area contributed by atoms with Crippen molar-refractivity contribution in [1.82, 2.24) is 19.2 Å². The fourth-order valence-corrected chi connectivity index (χ4v) is 4.70. The Hall–Kier alpha value is -3.42. The van der Waals surface area contributed by atoms with Gasteiger partial charge in [-0.3, -0.25) is 18.9 Å². The predicted octanol–water partition coefficient (Wildman–Crippen LogP) is 3.88. The lowest BCUT2D eigenvalue weighted by Crippen LogP contribution is -2.35. The second-order valence-electron chi connectivity index (χ2n) is 8.74. The van der Waals surface area contributed by atoms with Crippen LogP contribution in [-0.4, -0.2) is 52.1 Å². The average Bonchev–Trinajstić information content (AvgIpc) is 3.48. The monoisotopic (exact) mass is 458 g/mol. The molecule has 7 nitrogen and oxygen atoms in total. The molecule has 34 heavy (non-hydrogen) atoms. The van der Waals surface area contributed by atoms with Crippen LogP contribution in [-0.2, 0) is 17.9 Å². The Balaban J connectivity index is 1.28. The highest BCUT2D eigenvalue weighted by Gasteiger charge is 2.24. The van der Waals surface area contributed by atoms with E-state index in [1.165, 1.54) is 18.9 Å². The normalized spacial score (nSPS) is 16.3. The molecule has 1 atom stereocenters. The SMILES string of the molecule is COC[C@H]1CCCN1CCn1ncc2cc(-n3ccc(OCc4ccccc4)cc3=O)ccc21. The molecule has 1 saturated heterocycles. The van der Waals surface area contributed by atoms with Crippen molar-refractivity contribution in [2.24, 2.45) is 0 Å². The van der Waals surface area contributed by atoms with E-state index in [0.29, 0.717) is 18.4 Å². The molecule has 2 aromatic heterocycles. The molecule has 5 rings (SSSR count). The van der Waals surface area contributed by atoms with Crippen molar-refractivity contribution in [2.75, 3.05) is 26.8 Å². The first-order valence-corrected chi connectivity index (χ1v) is 11.8. The molecule has 1 fully saturated rings. The molecule has 176 valence electrons. The zero-order valence-corrected chi connectivity index (χ0v) is 19.5. The van der Waals surface area contributed by atoms with Crippen LogP contribution >= 0.6 is 0 Å². The lowest BCUT2D eigenvalue weighted by Gasteiger charge is -2.23. The summed E-state index contributed by atoms with van der Waals surface area (Å²) in [6.45, 7) is 4.12. The first-order chi connectivity index (χ1) is 16.7. The zero-order valence-electron chi connectivity index (χ0n) is 19.5. The number of nitrogens with zero attached hydrogens (tertiary/aromatic N) is 4. The maximum atomic E-state index is 12.8. The van der Waals surface area contributed by atoms with Crippen molar-refractivity contribution in [3.8, 4) is 11.4 Å². The minimum absolute atomic E-state index is 0.129. The molecule has 0 aliphatic carbocycles. The van der Waals surface area contributed by atoms with Crippen LogP contribution in [0.1, 0.15) is 18.4 Å². The Labute approximate surface area is 199 Å². The lowest BCUT2D eigenvalue weighted by atomic mass is 10.2. The standard InChI is InChI=1S/C27H30N4O3/c1-33-20-24-8-5-12-29(24)14-15-31-26-10-9-23(16-22(26)18-28-31)30-13-11-25(17-27(30)32)34-19-21-6-3-2-4-7-21/h2-4,6-7,9-11,13,16-18,24H,5,8,12,14-15,19-20H2,1H3/t24-/m1/s1. The smallest absolute Gasteiger partial charge is 0.258 e. The number of methoxy groups -OCH3 is 1. The number of pyridine rings is 1. The summed E-state index contributed by atoms with van der Waals surface area (Å²) in [5, 5.41) is 5.62. The van der Waals surface area contributed by atoms with Crippen LogP contribution in [0.5, 0.6) is 5.75 Å². The summed E-state index contributed by atoms with van der Waals surface area (Å²) in [5.41, 5.74) is 2.82. The van der Waals surface area contributed by atoms with Gasteiger partial charge in [0.15, 0.2) is 0 Å². The van der Waals surface area contributed by atoms with Gasteiger partial charge in [0.1, 0.15) is 12.4 Å². The van der Waals surface area contributed by atoms with Gasteiger partial charge in [-0.15, -0.1) is 0 Å². The van der Waals surface area contributed by atoms with Crippen molar-refractivity contribution in [3.63, 3.8) is 0 Å². The fourth-order valence-electron chi connectivity index (χ4n) is 4.70. The number of aromatic nitrogens is 3. The highest BCUT2D eigenvalue weighted by molar-refractivity contribution is 5.80. The zero-order chi connectivity index (χ0) is 23.3. The van der Waals surface area contributed by atoms with Gasteiger partial charge in [-0.05, 0) is 49.2 Å². The fraction of sp³-hybridized carbons (Fsp3) is 0.333. The van der Waals surface area contributed by atoms with E-state index in [-0.39, 0.29) is 5.56 Å². The van der Waals surface area contributed by atoms with E-state index in [4.69, 9.17) is 9.47 Å². The van der Waals surface area contributed by atoms with Crippen molar-refractivity contribution < 1.29 is 9.47 Å².